The highest BCUT2D eigenvalue weighted by atomic mass is 19.4. The predicted molar refractivity (Wildman–Crippen MR) is 62.5 cm³/mol. The number of benzene rings is 1. The molecule has 108 valence electrons. The molecule has 0 aromatic heterocycles. The number of anilines is 1. The van der Waals surface area contributed by atoms with Gasteiger partial charge in [0.05, 0.1) is 22.3 Å². The molecule has 1 N–H and O–H groups in total. The number of halogens is 3. The average molecular weight is 292 g/mol. The molecule has 11 heteroatoms. The number of nitro benzene ring substituents is 2. The van der Waals surface area contributed by atoms with Gasteiger partial charge in [-0.25, -0.2) is 0 Å². The van der Waals surface area contributed by atoms with E-state index in [1.165, 1.54) is 0 Å². The fourth-order valence-electron chi connectivity index (χ4n) is 1.14. The lowest BCUT2D eigenvalue weighted by molar-refractivity contribution is -0.393. The minimum atomic E-state index is -4.44. The summed E-state index contributed by atoms with van der Waals surface area (Å²) in [4.78, 5) is 19.4. The van der Waals surface area contributed by atoms with Gasteiger partial charge in [-0.3, -0.25) is 25.7 Å². The van der Waals surface area contributed by atoms with Crippen molar-refractivity contribution in [2.75, 3.05) is 5.43 Å². The van der Waals surface area contributed by atoms with Gasteiger partial charge in [0.2, 0.25) is 0 Å². The third-order valence-electron chi connectivity index (χ3n) is 1.99. The molecule has 0 atom stereocenters. The van der Waals surface area contributed by atoms with Crippen LogP contribution in [-0.2, 0) is 0 Å². The third kappa shape index (κ3) is 4.51. The number of nitrogens with one attached hydrogen (secondary N) is 1. The molecule has 0 aliphatic heterocycles. The van der Waals surface area contributed by atoms with Crippen LogP contribution in [0.15, 0.2) is 23.3 Å². The molecule has 0 spiro atoms. The minimum absolute atomic E-state index is 0.251. The van der Waals surface area contributed by atoms with Gasteiger partial charge in [0.1, 0.15) is 5.69 Å². The first-order valence-corrected chi connectivity index (χ1v) is 4.98. The molecule has 0 radical (unpaired) electrons. The van der Waals surface area contributed by atoms with Crippen molar-refractivity contribution >= 4 is 23.3 Å². The SMILES string of the molecule is O=[N+]([O-])c1ccc(NN=CCC(F)(F)F)c([N+](=O)[O-])c1. The average Bonchev–Trinajstić information content (AvgIpc) is 2.33. The van der Waals surface area contributed by atoms with E-state index < -0.39 is 33.8 Å². The molecule has 0 heterocycles. The standard InChI is InChI=1S/C9H7F3N4O4/c10-9(11,12)3-4-13-14-7-2-1-6(15(17)18)5-8(7)16(19)20/h1-2,4-5,14H,3H2. The number of rotatable bonds is 5. The van der Waals surface area contributed by atoms with E-state index in [1.54, 1.807) is 0 Å². The van der Waals surface area contributed by atoms with E-state index in [0.29, 0.717) is 12.3 Å². The topological polar surface area (TPSA) is 111 Å². The van der Waals surface area contributed by atoms with Crippen molar-refractivity contribution in [1.82, 2.24) is 0 Å². The van der Waals surface area contributed by atoms with E-state index in [4.69, 9.17) is 0 Å². The molecule has 0 saturated carbocycles. The van der Waals surface area contributed by atoms with Crippen LogP contribution >= 0.6 is 0 Å². The molecule has 1 aromatic carbocycles. The maximum atomic E-state index is 11.8. The zero-order valence-corrected chi connectivity index (χ0v) is 9.63. The molecular weight excluding hydrogens is 285 g/mol. The third-order valence-corrected chi connectivity index (χ3v) is 1.99. The van der Waals surface area contributed by atoms with Gasteiger partial charge in [0.25, 0.3) is 5.69 Å². The number of nitrogens with zero attached hydrogens (tertiary/aromatic N) is 3. The minimum Gasteiger partial charge on any atom is -0.272 e. The summed E-state index contributed by atoms with van der Waals surface area (Å²) < 4.78 is 35.5. The Morgan fingerprint density at radius 1 is 1.25 bits per heavy atom. The zero-order chi connectivity index (χ0) is 15.3. The first kappa shape index (κ1) is 15.3. The number of nitro groups is 2. The Balaban J connectivity index is 2.90. The van der Waals surface area contributed by atoms with Crippen molar-refractivity contribution in [3.05, 3.63) is 38.4 Å². The van der Waals surface area contributed by atoms with Crippen LogP contribution in [-0.4, -0.2) is 22.2 Å². The van der Waals surface area contributed by atoms with Crippen LogP contribution in [0, 0.1) is 20.2 Å². The van der Waals surface area contributed by atoms with Crippen LogP contribution in [0.1, 0.15) is 6.42 Å². The lowest BCUT2D eigenvalue weighted by atomic mass is 10.2. The zero-order valence-electron chi connectivity index (χ0n) is 9.63. The van der Waals surface area contributed by atoms with Crippen molar-refractivity contribution in [3.8, 4) is 0 Å². The lowest BCUT2D eigenvalue weighted by Gasteiger charge is -2.03. The van der Waals surface area contributed by atoms with Crippen molar-refractivity contribution in [2.45, 2.75) is 12.6 Å². The van der Waals surface area contributed by atoms with Crippen LogP contribution in [0.3, 0.4) is 0 Å². The summed E-state index contributed by atoms with van der Waals surface area (Å²) in [6, 6.07) is 2.64. The summed E-state index contributed by atoms with van der Waals surface area (Å²) >= 11 is 0. The summed E-state index contributed by atoms with van der Waals surface area (Å²) in [5.74, 6) is 0. The molecule has 0 bridgehead atoms. The Morgan fingerprint density at radius 2 is 1.90 bits per heavy atom. The van der Waals surface area contributed by atoms with Gasteiger partial charge in [-0.15, -0.1) is 0 Å². The highest BCUT2D eigenvalue weighted by Gasteiger charge is 2.25. The van der Waals surface area contributed by atoms with E-state index in [1.807, 2.05) is 5.43 Å². The largest absolute Gasteiger partial charge is 0.394 e. The Hall–Kier alpha value is -2.72. The van der Waals surface area contributed by atoms with Gasteiger partial charge >= 0.3 is 11.9 Å². The van der Waals surface area contributed by atoms with Crippen molar-refractivity contribution in [2.24, 2.45) is 5.10 Å². The highest BCUT2D eigenvalue weighted by molar-refractivity contribution is 5.67. The Morgan fingerprint density at radius 3 is 2.40 bits per heavy atom. The van der Waals surface area contributed by atoms with Gasteiger partial charge in [0, 0.05) is 12.3 Å². The predicted octanol–water partition coefficient (Wildman–Crippen LogP) is 2.85. The first-order valence-electron chi connectivity index (χ1n) is 4.98. The second-order valence-corrected chi connectivity index (χ2v) is 3.46. The number of hydrazone groups is 1. The normalized spacial score (nSPS) is 11.6. The molecular formula is C9H7F3N4O4. The Bertz CT molecular complexity index is 559. The molecule has 20 heavy (non-hydrogen) atoms. The summed E-state index contributed by atoms with van der Waals surface area (Å²) in [5.41, 5.74) is 0.612. The summed E-state index contributed by atoms with van der Waals surface area (Å²) in [7, 11) is 0. The quantitative estimate of drug-likeness (QED) is 0.509. The highest BCUT2D eigenvalue weighted by Crippen LogP contribution is 2.28. The molecule has 8 nitrogen and oxygen atoms in total. The van der Waals surface area contributed by atoms with Crippen LogP contribution in [0.2, 0.25) is 0 Å². The van der Waals surface area contributed by atoms with Gasteiger partial charge in [-0.05, 0) is 6.07 Å². The van der Waals surface area contributed by atoms with Gasteiger partial charge < -0.3 is 0 Å². The van der Waals surface area contributed by atoms with E-state index in [9.17, 15) is 33.4 Å². The number of alkyl halides is 3. The summed E-state index contributed by atoms with van der Waals surface area (Å²) in [5, 5.41) is 24.3. The van der Waals surface area contributed by atoms with Crippen LogP contribution in [0.5, 0.6) is 0 Å². The maximum absolute atomic E-state index is 11.8. The second kappa shape index (κ2) is 5.95. The molecule has 1 rings (SSSR count). The Labute approximate surface area is 109 Å². The van der Waals surface area contributed by atoms with Gasteiger partial charge in [0.15, 0.2) is 0 Å². The Kier molecular flexibility index (Phi) is 4.56. The van der Waals surface area contributed by atoms with E-state index in [2.05, 4.69) is 5.10 Å². The maximum Gasteiger partial charge on any atom is 0.394 e. The second-order valence-electron chi connectivity index (χ2n) is 3.46. The molecule has 0 amide bonds. The lowest BCUT2D eigenvalue weighted by Crippen LogP contribution is -2.08. The fraction of sp³-hybridized carbons (Fsp3) is 0.222. The molecule has 0 fully saturated rings. The molecule has 0 aliphatic rings. The smallest absolute Gasteiger partial charge is 0.272 e. The van der Waals surface area contributed by atoms with Crippen LogP contribution < -0.4 is 5.43 Å². The van der Waals surface area contributed by atoms with Crippen molar-refractivity contribution in [3.63, 3.8) is 0 Å². The van der Waals surface area contributed by atoms with Crippen molar-refractivity contribution < 1.29 is 23.0 Å². The molecule has 0 aliphatic carbocycles. The van der Waals surface area contributed by atoms with Gasteiger partial charge in [-0.1, -0.05) is 0 Å². The number of non-ortho nitro benzene ring substituents is 1. The van der Waals surface area contributed by atoms with E-state index in [0.717, 1.165) is 12.1 Å². The molecule has 0 unspecified atom stereocenters. The van der Waals surface area contributed by atoms with E-state index in [-0.39, 0.29) is 5.69 Å². The van der Waals surface area contributed by atoms with Crippen LogP contribution in [0.25, 0.3) is 0 Å². The van der Waals surface area contributed by atoms with E-state index >= 15 is 0 Å². The number of hydrogen-bond donors (Lipinski definition) is 1. The molecule has 1 aromatic rings. The number of hydrogen-bond acceptors (Lipinski definition) is 6. The summed E-state index contributed by atoms with van der Waals surface area (Å²) in [6.07, 6.45) is -5.25. The summed E-state index contributed by atoms with van der Waals surface area (Å²) in [6.45, 7) is 0. The van der Waals surface area contributed by atoms with Crippen LogP contribution in [0.4, 0.5) is 30.2 Å². The monoisotopic (exact) mass is 292 g/mol. The first-order chi connectivity index (χ1) is 9.20. The van der Waals surface area contributed by atoms with Crippen molar-refractivity contribution in [1.29, 1.82) is 0 Å². The fourth-order valence-corrected chi connectivity index (χ4v) is 1.14. The van der Waals surface area contributed by atoms with Gasteiger partial charge in [-0.2, -0.15) is 18.3 Å². The molecule has 0 saturated heterocycles.